The van der Waals surface area contributed by atoms with Gasteiger partial charge < -0.3 is 9.88 Å². The summed E-state index contributed by atoms with van der Waals surface area (Å²) < 4.78 is 1.98. The molecule has 0 saturated heterocycles. The van der Waals surface area contributed by atoms with Crippen LogP contribution in [0.2, 0.25) is 5.02 Å². The molecule has 3 amide bonds. The molecule has 0 saturated carbocycles. The Labute approximate surface area is 168 Å². The minimum absolute atomic E-state index is 0.0460. The summed E-state index contributed by atoms with van der Waals surface area (Å²) in [5.41, 5.74) is 0.903. The number of nitrogens with zero attached hydrogens (tertiary/aromatic N) is 3. The first kappa shape index (κ1) is 21.2. The molecule has 0 aliphatic heterocycles. The van der Waals surface area contributed by atoms with Gasteiger partial charge in [-0.15, -0.1) is 10.2 Å². The highest BCUT2D eigenvalue weighted by atomic mass is 35.5. The van der Waals surface area contributed by atoms with Crippen molar-refractivity contribution in [1.82, 2.24) is 25.4 Å². The smallest absolute Gasteiger partial charge is 0.321 e. The van der Waals surface area contributed by atoms with Crippen molar-refractivity contribution in [1.29, 1.82) is 0 Å². The van der Waals surface area contributed by atoms with Gasteiger partial charge in [-0.1, -0.05) is 30.3 Å². The fraction of sp³-hybridized carbons (Fsp3) is 0.444. The van der Waals surface area contributed by atoms with E-state index in [1.165, 1.54) is 11.8 Å². The van der Waals surface area contributed by atoms with Gasteiger partial charge in [-0.3, -0.25) is 10.1 Å². The Balaban J connectivity index is 2.14. The molecule has 0 spiro atoms. The van der Waals surface area contributed by atoms with Crippen molar-refractivity contribution in [2.24, 2.45) is 0 Å². The number of hydrogen-bond acceptors (Lipinski definition) is 5. The molecule has 2 rings (SSSR count). The summed E-state index contributed by atoms with van der Waals surface area (Å²) in [6.45, 7) is 8.17. The maximum atomic E-state index is 12.3. The molecule has 0 aliphatic carbocycles. The normalized spacial score (nSPS) is 12.1. The number of rotatable bonds is 7. The van der Waals surface area contributed by atoms with Gasteiger partial charge in [-0.2, -0.15) is 0 Å². The fourth-order valence-electron chi connectivity index (χ4n) is 2.34. The summed E-state index contributed by atoms with van der Waals surface area (Å²) in [5, 5.41) is 14.3. The number of thioether (sulfide) groups is 1. The molecule has 27 heavy (non-hydrogen) atoms. The Morgan fingerprint density at radius 3 is 2.44 bits per heavy atom. The van der Waals surface area contributed by atoms with Crippen LogP contribution in [0.1, 0.15) is 34.1 Å². The minimum atomic E-state index is -0.501. The molecule has 1 atom stereocenters. The van der Waals surface area contributed by atoms with E-state index in [4.69, 9.17) is 11.6 Å². The fourth-order valence-corrected chi connectivity index (χ4v) is 3.34. The number of urea groups is 1. The first-order chi connectivity index (χ1) is 12.8. The molecule has 0 radical (unpaired) electrons. The zero-order chi connectivity index (χ0) is 20.0. The second kappa shape index (κ2) is 9.75. The number of hydrogen-bond donors (Lipinski definition) is 2. The predicted octanol–water partition coefficient (Wildman–Crippen LogP) is 3.72. The molecule has 0 aliphatic rings. The number of imide groups is 1. The van der Waals surface area contributed by atoms with E-state index in [0.29, 0.717) is 10.2 Å². The van der Waals surface area contributed by atoms with E-state index in [-0.39, 0.29) is 11.9 Å². The quantitative estimate of drug-likeness (QED) is 0.680. The lowest BCUT2D eigenvalue weighted by Gasteiger charge is -2.14. The third kappa shape index (κ3) is 5.97. The van der Waals surface area contributed by atoms with E-state index in [2.05, 4.69) is 27.8 Å². The zero-order valence-corrected chi connectivity index (χ0v) is 17.4. The number of halogens is 1. The van der Waals surface area contributed by atoms with Gasteiger partial charge in [0.15, 0.2) is 11.0 Å². The van der Waals surface area contributed by atoms with Crippen LogP contribution in [0.3, 0.4) is 0 Å². The van der Waals surface area contributed by atoms with E-state index in [9.17, 15) is 9.59 Å². The third-order valence-corrected chi connectivity index (χ3v) is 4.91. The van der Waals surface area contributed by atoms with Crippen molar-refractivity contribution < 1.29 is 9.59 Å². The molecule has 1 aromatic heterocycles. The number of amides is 3. The van der Waals surface area contributed by atoms with Gasteiger partial charge in [0.25, 0.3) is 0 Å². The van der Waals surface area contributed by atoms with Gasteiger partial charge in [-0.05, 0) is 51.5 Å². The molecule has 146 valence electrons. The second-order valence-corrected chi connectivity index (χ2v) is 8.09. The molecule has 0 fully saturated rings. The van der Waals surface area contributed by atoms with Crippen LogP contribution < -0.4 is 10.6 Å². The summed E-state index contributed by atoms with van der Waals surface area (Å²) in [6, 6.07) is 6.84. The molecule has 7 nitrogen and oxygen atoms in total. The number of nitrogens with one attached hydrogen (secondary N) is 2. The summed E-state index contributed by atoms with van der Waals surface area (Å²) in [4.78, 5) is 24.0. The Bertz CT molecular complexity index is 792. The van der Waals surface area contributed by atoms with Gasteiger partial charge in [0.05, 0.1) is 5.25 Å². The lowest BCUT2D eigenvalue weighted by molar-refractivity contribution is -0.119. The lowest BCUT2D eigenvalue weighted by Crippen LogP contribution is -2.45. The molecular formula is C18H24ClN5O2S. The van der Waals surface area contributed by atoms with E-state index in [0.717, 1.165) is 24.4 Å². The number of aromatic nitrogens is 3. The van der Waals surface area contributed by atoms with Gasteiger partial charge in [0.2, 0.25) is 5.91 Å². The van der Waals surface area contributed by atoms with E-state index >= 15 is 0 Å². The van der Waals surface area contributed by atoms with Crippen LogP contribution in [0.5, 0.6) is 0 Å². The first-order valence-electron chi connectivity index (χ1n) is 8.79. The summed E-state index contributed by atoms with van der Waals surface area (Å²) in [5.74, 6) is 0.346. The van der Waals surface area contributed by atoms with Crippen LogP contribution >= 0.6 is 23.4 Å². The highest BCUT2D eigenvalue weighted by molar-refractivity contribution is 8.00. The van der Waals surface area contributed by atoms with Crippen LogP contribution in [0.4, 0.5) is 4.79 Å². The second-order valence-electron chi connectivity index (χ2n) is 6.34. The van der Waals surface area contributed by atoms with Gasteiger partial charge in [0.1, 0.15) is 0 Å². The molecular weight excluding hydrogens is 386 g/mol. The van der Waals surface area contributed by atoms with Crippen molar-refractivity contribution in [3.05, 3.63) is 29.3 Å². The molecule has 0 bridgehead atoms. The summed E-state index contributed by atoms with van der Waals surface area (Å²) in [7, 11) is 0. The SMILES string of the molecule is CCCn1c(S[C@H](C)C(=O)NC(=O)NC(C)C)nnc1-c1ccc(Cl)cc1. The molecule has 2 aromatic rings. The zero-order valence-electron chi connectivity index (χ0n) is 15.8. The minimum Gasteiger partial charge on any atom is -0.336 e. The van der Waals surface area contributed by atoms with Crippen molar-refractivity contribution in [2.45, 2.75) is 57.1 Å². The predicted molar refractivity (Wildman–Crippen MR) is 108 cm³/mol. The van der Waals surface area contributed by atoms with Crippen molar-refractivity contribution in [3.63, 3.8) is 0 Å². The molecule has 1 aromatic carbocycles. The highest BCUT2D eigenvalue weighted by Gasteiger charge is 2.22. The maximum absolute atomic E-state index is 12.3. The highest BCUT2D eigenvalue weighted by Crippen LogP contribution is 2.27. The standard InChI is InChI=1S/C18H24ClN5O2S/c1-5-10-24-15(13-6-8-14(19)9-7-13)22-23-18(24)27-12(4)16(25)21-17(26)20-11(2)3/h6-9,11-12H,5,10H2,1-4H3,(H2,20,21,25,26)/t12-/m1/s1. The average molecular weight is 410 g/mol. The van der Waals surface area contributed by atoms with Crippen molar-refractivity contribution in [3.8, 4) is 11.4 Å². The van der Waals surface area contributed by atoms with Gasteiger partial charge in [-0.25, -0.2) is 4.79 Å². The van der Waals surface area contributed by atoms with Gasteiger partial charge >= 0.3 is 6.03 Å². The molecule has 1 heterocycles. The topological polar surface area (TPSA) is 88.9 Å². The monoisotopic (exact) mass is 409 g/mol. The number of carbonyl (C=O) groups excluding carboxylic acids is 2. The van der Waals surface area contributed by atoms with Crippen LogP contribution in [0.15, 0.2) is 29.4 Å². The van der Waals surface area contributed by atoms with Crippen molar-refractivity contribution >= 4 is 35.3 Å². The van der Waals surface area contributed by atoms with E-state index in [1.807, 2.05) is 30.5 Å². The number of benzene rings is 1. The average Bonchev–Trinajstić information content (AvgIpc) is 2.97. The summed E-state index contributed by atoms with van der Waals surface area (Å²) >= 11 is 7.23. The Morgan fingerprint density at radius 1 is 1.19 bits per heavy atom. The third-order valence-electron chi connectivity index (χ3n) is 3.57. The Morgan fingerprint density at radius 2 is 1.85 bits per heavy atom. The van der Waals surface area contributed by atoms with Crippen LogP contribution in [0, 0.1) is 0 Å². The van der Waals surface area contributed by atoms with E-state index in [1.54, 1.807) is 19.1 Å². The van der Waals surface area contributed by atoms with Crippen LogP contribution in [-0.2, 0) is 11.3 Å². The largest absolute Gasteiger partial charge is 0.336 e. The molecule has 2 N–H and O–H groups in total. The molecule has 9 heteroatoms. The maximum Gasteiger partial charge on any atom is 0.321 e. The van der Waals surface area contributed by atoms with Crippen LogP contribution in [-0.4, -0.2) is 38.0 Å². The van der Waals surface area contributed by atoms with Gasteiger partial charge in [0, 0.05) is 23.2 Å². The lowest BCUT2D eigenvalue weighted by atomic mass is 10.2. The van der Waals surface area contributed by atoms with Crippen LogP contribution in [0.25, 0.3) is 11.4 Å². The first-order valence-corrected chi connectivity index (χ1v) is 10.0. The Hall–Kier alpha value is -2.06. The number of carbonyl (C=O) groups is 2. The Kier molecular flexibility index (Phi) is 7.67. The van der Waals surface area contributed by atoms with Crippen molar-refractivity contribution in [2.75, 3.05) is 0 Å². The summed E-state index contributed by atoms with van der Waals surface area (Å²) in [6.07, 6.45) is 0.892. The molecule has 0 unspecified atom stereocenters. The van der Waals surface area contributed by atoms with E-state index < -0.39 is 11.3 Å².